The lowest BCUT2D eigenvalue weighted by Gasteiger charge is -2.13. The van der Waals surface area contributed by atoms with Crippen molar-refractivity contribution in [3.8, 4) is 0 Å². The molecule has 2 rings (SSSR count). The predicted octanol–water partition coefficient (Wildman–Crippen LogP) is 2.99. The third kappa shape index (κ3) is 5.60. The molecule has 0 unspecified atom stereocenters. The molecular weight excluding hydrogens is 356 g/mol. The highest BCUT2D eigenvalue weighted by molar-refractivity contribution is 5.96. The maximum absolute atomic E-state index is 13.5. The van der Waals surface area contributed by atoms with Crippen LogP contribution in [0.3, 0.4) is 0 Å². The number of carbonyl (C=O) groups is 3. The average Bonchev–Trinajstić information content (AvgIpc) is 2.58. The van der Waals surface area contributed by atoms with Crippen LogP contribution in [-0.4, -0.2) is 24.3 Å². The van der Waals surface area contributed by atoms with Gasteiger partial charge in [0.25, 0.3) is 5.91 Å². The van der Waals surface area contributed by atoms with E-state index >= 15 is 0 Å². The predicted molar refractivity (Wildman–Crippen MR) is 97.4 cm³/mol. The zero-order valence-electron chi connectivity index (χ0n) is 14.9. The first-order valence-corrected chi connectivity index (χ1v) is 8.18. The molecule has 0 bridgehead atoms. The van der Waals surface area contributed by atoms with Gasteiger partial charge in [-0.2, -0.15) is 0 Å². The van der Waals surface area contributed by atoms with Gasteiger partial charge in [-0.3, -0.25) is 14.4 Å². The number of benzene rings is 2. The van der Waals surface area contributed by atoms with Crippen molar-refractivity contribution >= 4 is 29.1 Å². The Morgan fingerprint density at radius 3 is 2.30 bits per heavy atom. The Kier molecular flexibility index (Phi) is 6.59. The minimum Gasteiger partial charge on any atom is -0.351 e. The van der Waals surface area contributed by atoms with Gasteiger partial charge in [-0.25, -0.2) is 8.78 Å². The molecular formula is C19H19F2N3O3. The Bertz CT molecular complexity index is 884. The SMILES string of the molecule is CC(=O)Nc1cccc(NC(=O)CCNC(=O)c2ccc(F)cc2F)c1C. The van der Waals surface area contributed by atoms with Crippen LogP contribution in [0.1, 0.15) is 29.3 Å². The van der Waals surface area contributed by atoms with Crippen molar-refractivity contribution in [2.45, 2.75) is 20.3 Å². The smallest absolute Gasteiger partial charge is 0.254 e. The summed E-state index contributed by atoms with van der Waals surface area (Å²) in [6.45, 7) is 3.11. The molecule has 3 amide bonds. The molecule has 0 aliphatic heterocycles. The van der Waals surface area contributed by atoms with E-state index in [-0.39, 0.29) is 30.3 Å². The van der Waals surface area contributed by atoms with E-state index in [1.54, 1.807) is 25.1 Å². The molecule has 2 aromatic rings. The fourth-order valence-electron chi connectivity index (χ4n) is 2.37. The van der Waals surface area contributed by atoms with Crippen molar-refractivity contribution in [3.05, 3.63) is 59.2 Å². The minimum absolute atomic E-state index is 0.0219. The largest absolute Gasteiger partial charge is 0.351 e. The number of anilines is 2. The number of rotatable bonds is 6. The average molecular weight is 375 g/mol. The second-order valence-corrected chi connectivity index (χ2v) is 5.84. The molecule has 0 saturated heterocycles. The van der Waals surface area contributed by atoms with Gasteiger partial charge < -0.3 is 16.0 Å². The summed E-state index contributed by atoms with van der Waals surface area (Å²) in [6, 6.07) is 7.72. The van der Waals surface area contributed by atoms with Crippen LogP contribution in [0.25, 0.3) is 0 Å². The molecule has 6 nitrogen and oxygen atoms in total. The molecule has 0 aliphatic rings. The molecule has 3 N–H and O–H groups in total. The van der Waals surface area contributed by atoms with E-state index in [4.69, 9.17) is 0 Å². The van der Waals surface area contributed by atoms with Gasteiger partial charge >= 0.3 is 0 Å². The van der Waals surface area contributed by atoms with E-state index in [2.05, 4.69) is 16.0 Å². The van der Waals surface area contributed by atoms with E-state index in [0.717, 1.165) is 12.1 Å². The van der Waals surface area contributed by atoms with Crippen LogP contribution < -0.4 is 16.0 Å². The highest BCUT2D eigenvalue weighted by Gasteiger charge is 2.13. The topological polar surface area (TPSA) is 87.3 Å². The monoisotopic (exact) mass is 375 g/mol. The summed E-state index contributed by atoms with van der Waals surface area (Å²) in [6.07, 6.45) is -0.0433. The Morgan fingerprint density at radius 2 is 1.67 bits per heavy atom. The summed E-state index contributed by atoms with van der Waals surface area (Å²) >= 11 is 0. The lowest BCUT2D eigenvalue weighted by Crippen LogP contribution is -2.28. The van der Waals surface area contributed by atoms with Crippen LogP contribution in [0.5, 0.6) is 0 Å². The van der Waals surface area contributed by atoms with E-state index in [1.807, 2.05) is 0 Å². The molecule has 2 aromatic carbocycles. The maximum atomic E-state index is 13.5. The normalized spacial score (nSPS) is 10.2. The summed E-state index contributed by atoms with van der Waals surface area (Å²) in [5.41, 5.74) is 1.51. The molecule has 0 saturated carbocycles. The number of carbonyl (C=O) groups excluding carboxylic acids is 3. The van der Waals surface area contributed by atoms with Crippen molar-refractivity contribution in [2.75, 3.05) is 17.2 Å². The number of nitrogens with one attached hydrogen (secondary N) is 3. The number of hydrogen-bond donors (Lipinski definition) is 3. The van der Waals surface area contributed by atoms with Crippen molar-refractivity contribution in [3.63, 3.8) is 0 Å². The molecule has 0 atom stereocenters. The Hall–Kier alpha value is -3.29. The van der Waals surface area contributed by atoms with Gasteiger partial charge in [0, 0.05) is 37.3 Å². The summed E-state index contributed by atoms with van der Waals surface area (Å²) in [4.78, 5) is 35.1. The van der Waals surface area contributed by atoms with Crippen LogP contribution >= 0.6 is 0 Å². The van der Waals surface area contributed by atoms with E-state index < -0.39 is 17.5 Å². The second kappa shape index (κ2) is 8.88. The summed E-state index contributed by atoms with van der Waals surface area (Å²) in [5, 5.41) is 7.76. The molecule has 142 valence electrons. The zero-order valence-corrected chi connectivity index (χ0v) is 14.9. The van der Waals surface area contributed by atoms with Crippen LogP contribution in [-0.2, 0) is 9.59 Å². The number of amides is 3. The first-order valence-electron chi connectivity index (χ1n) is 8.18. The van der Waals surface area contributed by atoms with Crippen LogP contribution in [0.4, 0.5) is 20.2 Å². The van der Waals surface area contributed by atoms with Gasteiger partial charge in [0.2, 0.25) is 11.8 Å². The maximum Gasteiger partial charge on any atom is 0.254 e. The van der Waals surface area contributed by atoms with E-state index in [0.29, 0.717) is 23.0 Å². The molecule has 0 spiro atoms. The molecule has 0 radical (unpaired) electrons. The number of hydrogen-bond acceptors (Lipinski definition) is 3. The van der Waals surface area contributed by atoms with Crippen LogP contribution in [0.2, 0.25) is 0 Å². The lowest BCUT2D eigenvalue weighted by atomic mass is 10.1. The molecule has 0 aliphatic carbocycles. The van der Waals surface area contributed by atoms with E-state index in [1.165, 1.54) is 6.92 Å². The quantitative estimate of drug-likeness (QED) is 0.725. The fourth-order valence-corrected chi connectivity index (χ4v) is 2.37. The minimum atomic E-state index is -0.970. The van der Waals surface area contributed by atoms with Gasteiger partial charge in [0.05, 0.1) is 5.56 Å². The van der Waals surface area contributed by atoms with Gasteiger partial charge in [0.15, 0.2) is 0 Å². The van der Waals surface area contributed by atoms with Crippen molar-refractivity contribution in [2.24, 2.45) is 0 Å². The highest BCUT2D eigenvalue weighted by atomic mass is 19.1. The molecule has 0 heterocycles. The van der Waals surface area contributed by atoms with Crippen molar-refractivity contribution in [1.29, 1.82) is 0 Å². The summed E-state index contributed by atoms with van der Waals surface area (Å²) < 4.78 is 26.4. The molecule has 8 heteroatoms. The molecule has 27 heavy (non-hydrogen) atoms. The fraction of sp³-hybridized carbons (Fsp3) is 0.211. The Balaban J connectivity index is 1.89. The highest BCUT2D eigenvalue weighted by Crippen LogP contribution is 2.23. The summed E-state index contributed by atoms with van der Waals surface area (Å²) in [5.74, 6) is -3.07. The van der Waals surface area contributed by atoms with Crippen molar-refractivity contribution in [1.82, 2.24) is 5.32 Å². The first kappa shape index (κ1) is 20.0. The summed E-state index contributed by atoms with van der Waals surface area (Å²) in [7, 11) is 0. The molecule has 0 fully saturated rings. The van der Waals surface area contributed by atoms with Gasteiger partial charge in [-0.15, -0.1) is 0 Å². The third-order valence-corrected chi connectivity index (χ3v) is 3.73. The van der Waals surface area contributed by atoms with Gasteiger partial charge in [-0.05, 0) is 36.8 Å². The standard InChI is InChI=1S/C19H19F2N3O3/c1-11-16(23-12(2)25)4-3-5-17(11)24-18(26)8-9-22-19(27)14-7-6-13(20)10-15(14)21/h3-7,10H,8-9H2,1-2H3,(H,22,27)(H,23,25)(H,24,26). The Labute approximate surface area is 155 Å². The Morgan fingerprint density at radius 1 is 1.00 bits per heavy atom. The molecule has 0 aromatic heterocycles. The van der Waals surface area contributed by atoms with Crippen molar-refractivity contribution < 1.29 is 23.2 Å². The third-order valence-electron chi connectivity index (χ3n) is 3.73. The van der Waals surface area contributed by atoms with Gasteiger partial charge in [-0.1, -0.05) is 6.07 Å². The first-order chi connectivity index (χ1) is 12.8. The zero-order chi connectivity index (χ0) is 20.0. The van der Waals surface area contributed by atoms with Gasteiger partial charge in [0.1, 0.15) is 11.6 Å². The van der Waals surface area contributed by atoms with Crippen LogP contribution in [0, 0.1) is 18.6 Å². The number of halogens is 2. The lowest BCUT2D eigenvalue weighted by molar-refractivity contribution is -0.116. The second-order valence-electron chi connectivity index (χ2n) is 5.84. The van der Waals surface area contributed by atoms with E-state index in [9.17, 15) is 23.2 Å². The van der Waals surface area contributed by atoms with Crippen LogP contribution in [0.15, 0.2) is 36.4 Å².